The van der Waals surface area contributed by atoms with Gasteiger partial charge in [0, 0.05) is 36.1 Å². The van der Waals surface area contributed by atoms with Crippen LogP contribution in [-0.4, -0.2) is 38.7 Å². The first-order valence-corrected chi connectivity index (χ1v) is 12.0. The number of rotatable bonds is 7. The van der Waals surface area contributed by atoms with E-state index in [0.29, 0.717) is 22.4 Å². The van der Waals surface area contributed by atoms with E-state index in [0.717, 1.165) is 34.8 Å². The number of carbonyl (C=O) groups is 1. The van der Waals surface area contributed by atoms with Crippen LogP contribution in [0.2, 0.25) is 5.02 Å². The smallest absolute Gasteiger partial charge is 0.307 e. The lowest BCUT2D eigenvalue weighted by Gasteiger charge is -2.27. The summed E-state index contributed by atoms with van der Waals surface area (Å²) in [6, 6.07) is 5.88. The number of nitrogens with zero attached hydrogens (tertiary/aromatic N) is 4. The van der Waals surface area contributed by atoms with E-state index in [1.165, 1.54) is 24.9 Å². The third kappa shape index (κ3) is 4.99. The van der Waals surface area contributed by atoms with Crippen LogP contribution in [0.1, 0.15) is 50.3 Å². The summed E-state index contributed by atoms with van der Waals surface area (Å²) in [7, 11) is 0. The molecule has 1 fully saturated rings. The highest BCUT2D eigenvalue weighted by Crippen LogP contribution is 2.33. The van der Waals surface area contributed by atoms with Gasteiger partial charge in [-0.25, -0.2) is 9.97 Å². The molecule has 6 nitrogen and oxygen atoms in total. The van der Waals surface area contributed by atoms with E-state index in [2.05, 4.69) is 34.5 Å². The van der Waals surface area contributed by atoms with Crippen LogP contribution >= 0.6 is 23.4 Å². The summed E-state index contributed by atoms with van der Waals surface area (Å²) in [4.78, 5) is 23.0. The minimum atomic E-state index is -0.889. The Balaban J connectivity index is 1.59. The summed E-state index contributed by atoms with van der Waals surface area (Å²) in [5.41, 5.74) is 4.91. The number of anilines is 1. The topological polar surface area (TPSA) is 71.2 Å². The molecule has 1 N–H and O–H groups in total. The van der Waals surface area contributed by atoms with Crippen molar-refractivity contribution in [2.75, 3.05) is 18.0 Å². The van der Waals surface area contributed by atoms with E-state index in [4.69, 9.17) is 21.7 Å². The molecule has 1 aliphatic heterocycles. The molecule has 1 aromatic carbocycles. The standard InChI is InChI=1S/C23H27ClN4O2S/c1-15(2)28-13-20(27-8-4-3-5-9-27)22-19(28)12-25-23(26-22)31-14-16-6-7-18(24)17(10-16)11-21(29)30/h6-7,10,12-13,15H,3-5,8-9,11,14H2,1-2H3,(H,29,30). The van der Waals surface area contributed by atoms with Crippen LogP contribution in [0.15, 0.2) is 35.7 Å². The second-order valence-electron chi connectivity index (χ2n) is 8.23. The zero-order valence-electron chi connectivity index (χ0n) is 17.8. The van der Waals surface area contributed by atoms with E-state index in [-0.39, 0.29) is 6.42 Å². The second-order valence-corrected chi connectivity index (χ2v) is 9.58. The number of carboxylic acid groups (broad SMARTS) is 1. The highest BCUT2D eigenvalue weighted by atomic mass is 35.5. The van der Waals surface area contributed by atoms with Gasteiger partial charge in [-0.3, -0.25) is 4.79 Å². The molecule has 0 amide bonds. The van der Waals surface area contributed by atoms with Gasteiger partial charge in [0.05, 0.1) is 23.8 Å². The number of benzene rings is 1. The Morgan fingerprint density at radius 2 is 2.03 bits per heavy atom. The van der Waals surface area contributed by atoms with Crippen LogP contribution in [0.5, 0.6) is 0 Å². The molecule has 0 radical (unpaired) electrons. The number of hydrogen-bond acceptors (Lipinski definition) is 5. The first-order chi connectivity index (χ1) is 14.9. The molecule has 0 bridgehead atoms. The maximum Gasteiger partial charge on any atom is 0.307 e. The van der Waals surface area contributed by atoms with Crippen LogP contribution in [-0.2, 0) is 17.0 Å². The highest BCUT2D eigenvalue weighted by molar-refractivity contribution is 7.98. The molecule has 0 atom stereocenters. The van der Waals surface area contributed by atoms with Crippen LogP contribution in [0, 0.1) is 0 Å². The third-order valence-corrected chi connectivity index (χ3v) is 6.90. The minimum Gasteiger partial charge on any atom is -0.481 e. The summed E-state index contributed by atoms with van der Waals surface area (Å²) < 4.78 is 2.26. The molecule has 164 valence electrons. The number of thioether (sulfide) groups is 1. The van der Waals surface area contributed by atoms with Crippen molar-refractivity contribution in [2.24, 2.45) is 0 Å². The van der Waals surface area contributed by atoms with Crippen LogP contribution in [0.4, 0.5) is 5.69 Å². The minimum absolute atomic E-state index is 0.0816. The predicted octanol–water partition coefficient (Wildman–Crippen LogP) is 5.58. The first kappa shape index (κ1) is 22.0. The van der Waals surface area contributed by atoms with Gasteiger partial charge < -0.3 is 14.6 Å². The molecule has 1 saturated heterocycles. The van der Waals surface area contributed by atoms with E-state index < -0.39 is 5.97 Å². The lowest BCUT2D eigenvalue weighted by atomic mass is 10.1. The summed E-state index contributed by atoms with van der Waals surface area (Å²) >= 11 is 7.69. The number of aliphatic carboxylic acids is 1. The molecule has 31 heavy (non-hydrogen) atoms. The summed E-state index contributed by atoms with van der Waals surface area (Å²) in [5, 5.41) is 10.3. The van der Waals surface area contributed by atoms with Crippen LogP contribution < -0.4 is 4.90 Å². The Bertz CT molecular complexity index is 1090. The van der Waals surface area contributed by atoms with Crippen molar-refractivity contribution in [1.29, 1.82) is 0 Å². The molecular weight excluding hydrogens is 432 g/mol. The van der Waals surface area contributed by atoms with Crippen LogP contribution in [0.25, 0.3) is 11.0 Å². The fourth-order valence-electron chi connectivity index (χ4n) is 4.03. The summed E-state index contributed by atoms with van der Waals surface area (Å²) in [5.74, 6) is -0.237. The number of hydrogen-bond donors (Lipinski definition) is 1. The number of fused-ring (bicyclic) bond motifs is 1. The number of piperidine rings is 1. The van der Waals surface area contributed by atoms with Gasteiger partial charge in [0.25, 0.3) is 0 Å². The molecule has 0 aliphatic carbocycles. The Hall–Kier alpha value is -2.25. The molecule has 4 rings (SSSR count). The lowest BCUT2D eigenvalue weighted by Crippen LogP contribution is -2.29. The van der Waals surface area contributed by atoms with Gasteiger partial charge >= 0.3 is 5.97 Å². The van der Waals surface area contributed by atoms with Crippen molar-refractivity contribution in [3.8, 4) is 0 Å². The van der Waals surface area contributed by atoms with Crippen molar-refractivity contribution in [3.05, 3.63) is 46.7 Å². The van der Waals surface area contributed by atoms with Crippen LogP contribution in [0.3, 0.4) is 0 Å². The van der Waals surface area contributed by atoms with Gasteiger partial charge in [0.15, 0.2) is 5.16 Å². The predicted molar refractivity (Wildman–Crippen MR) is 126 cm³/mol. The molecule has 1 aliphatic rings. The van der Waals surface area contributed by atoms with Gasteiger partial charge in [0.2, 0.25) is 0 Å². The molecule has 0 spiro atoms. The zero-order chi connectivity index (χ0) is 22.0. The van der Waals surface area contributed by atoms with Gasteiger partial charge in [0.1, 0.15) is 5.52 Å². The van der Waals surface area contributed by atoms with Crippen molar-refractivity contribution >= 4 is 46.1 Å². The Kier molecular flexibility index (Phi) is 6.72. The Labute approximate surface area is 191 Å². The molecule has 3 aromatic rings. The average molecular weight is 459 g/mol. The zero-order valence-corrected chi connectivity index (χ0v) is 19.4. The molecule has 0 saturated carbocycles. The third-order valence-electron chi connectivity index (χ3n) is 5.60. The monoisotopic (exact) mass is 458 g/mol. The maximum atomic E-state index is 11.1. The largest absolute Gasteiger partial charge is 0.481 e. The lowest BCUT2D eigenvalue weighted by molar-refractivity contribution is -0.136. The molecule has 2 aromatic heterocycles. The second kappa shape index (κ2) is 9.49. The van der Waals surface area contributed by atoms with Crippen molar-refractivity contribution in [1.82, 2.24) is 14.5 Å². The average Bonchev–Trinajstić information content (AvgIpc) is 3.14. The van der Waals surface area contributed by atoms with Crippen molar-refractivity contribution < 1.29 is 9.90 Å². The highest BCUT2D eigenvalue weighted by Gasteiger charge is 2.20. The van der Waals surface area contributed by atoms with E-state index in [1.54, 1.807) is 17.8 Å². The summed E-state index contributed by atoms with van der Waals surface area (Å²) in [6.45, 7) is 6.50. The number of carboxylic acids is 1. The first-order valence-electron chi connectivity index (χ1n) is 10.7. The van der Waals surface area contributed by atoms with Gasteiger partial charge in [-0.1, -0.05) is 35.5 Å². The summed E-state index contributed by atoms with van der Waals surface area (Å²) in [6.07, 6.45) is 7.80. The quantitative estimate of drug-likeness (QED) is 0.368. The normalized spacial score (nSPS) is 14.5. The fourth-order valence-corrected chi connectivity index (χ4v) is 4.97. The van der Waals surface area contributed by atoms with Gasteiger partial charge in [-0.05, 0) is 50.3 Å². The fraction of sp³-hybridized carbons (Fsp3) is 0.435. The van der Waals surface area contributed by atoms with E-state index in [9.17, 15) is 4.79 Å². The molecule has 8 heteroatoms. The molecular formula is C23H27ClN4O2S. The molecule has 3 heterocycles. The van der Waals surface area contributed by atoms with Crippen molar-refractivity contribution in [2.45, 2.75) is 56.5 Å². The Morgan fingerprint density at radius 1 is 1.26 bits per heavy atom. The maximum absolute atomic E-state index is 11.1. The SMILES string of the molecule is CC(C)n1cc(N2CCCCC2)c2nc(SCc3ccc(Cl)c(CC(=O)O)c3)ncc21. The van der Waals surface area contributed by atoms with Gasteiger partial charge in [-0.15, -0.1) is 0 Å². The Morgan fingerprint density at radius 3 is 2.74 bits per heavy atom. The van der Waals surface area contributed by atoms with Crippen molar-refractivity contribution in [3.63, 3.8) is 0 Å². The van der Waals surface area contributed by atoms with E-state index in [1.807, 2.05) is 18.3 Å². The number of aromatic nitrogens is 3. The number of halogens is 1. The van der Waals surface area contributed by atoms with E-state index >= 15 is 0 Å². The van der Waals surface area contributed by atoms with Gasteiger partial charge in [-0.2, -0.15) is 0 Å². The molecule has 0 unspecified atom stereocenters.